The lowest BCUT2D eigenvalue weighted by molar-refractivity contribution is 1.35. The highest BCUT2D eigenvalue weighted by Gasteiger charge is 2.10. The van der Waals surface area contributed by atoms with Crippen LogP contribution in [0.1, 0.15) is 0 Å². The Morgan fingerprint density at radius 2 is 2.10 bits per heavy atom. The second-order valence-electron chi connectivity index (χ2n) is 1.90. The summed E-state index contributed by atoms with van der Waals surface area (Å²) in [5.74, 6) is 0.775. The van der Waals surface area contributed by atoms with Crippen molar-refractivity contribution in [3.63, 3.8) is 0 Å². The van der Waals surface area contributed by atoms with Crippen LogP contribution in [0.15, 0.2) is 26.8 Å². The number of nitrogens with two attached hydrogens (primary N) is 1. The molecule has 2 nitrogen and oxygen atoms in total. The van der Waals surface area contributed by atoms with E-state index in [1.54, 1.807) is 23.5 Å². The summed E-state index contributed by atoms with van der Waals surface area (Å²) in [6.07, 6.45) is 1.94. The van der Waals surface area contributed by atoms with E-state index in [1.807, 2.05) is 11.6 Å². The van der Waals surface area contributed by atoms with Gasteiger partial charge < -0.3 is 10.7 Å². The molecule has 0 aromatic carbocycles. The first-order valence-electron chi connectivity index (χ1n) is 2.83. The minimum Gasteiger partial charge on any atom is -0.384 e. The van der Waals surface area contributed by atoms with E-state index in [9.17, 15) is 0 Å². The molecule has 3 N–H and O–H groups in total. The molecule has 0 bridgehead atoms. The van der Waals surface area contributed by atoms with Gasteiger partial charge in [0, 0.05) is 11.1 Å². The van der Waals surface area contributed by atoms with Crippen molar-refractivity contribution < 1.29 is 0 Å². The average molecular weight is 170 g/mol. The molecule has 1 aromatic rings. The number of nitrogens with one attached hydrogen (secondary N) is 1. The van der Waals surface area contributed by atoms with Gasteiger partial charge in [-0.3, -0.25) is 0 Å². The Morgan fingerprint density at radius 3 is 2.90 bits per heavy atom. The Morgan fingerprint density at radius 1 is 1.30 bits per heavy atom. The number of aromatic nitrogens is 1. The minimum atomic E-state index is 0.775. The summed E-state index contributed by atoms with van der Waals surface area (Å²) >= 11 is 3.36. The third kappa shape index (κ3) is 0.839. The first-order chi connectivity index (χ1) is 4.88. The van der Waals surface area contributed by atoms with E-state index in [4.69, 9.17) is 5.73 Å². The van der Waals surface area contributed by atoms with Crippen LogP contribution in [-0.2, 0) is 0 Å². The van der Waals surface area contributed by atoms with E-state index in [0.29, 0.717) is 0 Å². The number of hydrogen-bond acceptors (Lipinski definition) is 3. The minimum absolute atomic E-state index is 0.775. The van der Waals surface area contributed by atoms with Crippen molar-refractivity contribution in [2.45, 2.75) is 9.79 Å². The molecule has 0 spiro atoms. The smallest absolute Gasteiger partial charge is 0.116 e. The molecule has 1 aliphatic rings. The molecule has 2 heterocycles. The molecule has 0 unspecified atom stereocenters. The van der Waals surface area contributed by atoms with Crippen molar-refractivity contribution in [2.24, 2.45) is 0 Å². The highest BCUT2D eigenvalue weighted by molar-refractivity contribution is 8.08. The fraction of sp³-hybridized carbons (Fsp3) is 0. The van der Waals surface area contributed by atoms with E-state index in [0.717, 1.165) is 10.7 Å². The third-order valence-electron chi connectivity index (χ3n) is 1.26. The van der Waals surface area contributed by atoms with E-state index in [-0.39, 0.29) is 0 Å². The molecule has 1 aromatic heterocycles. The number of fused-ring (bicyclic) bond motifs is 1. The Hall–Kier alpha value is -0.480. The molecular weight excluding hydrogens is 164 g/mol. The Labute approximate surface area is 67.3 Å². The summed E-state index contributed by atoms with van der Waals surface area (Å²) < 4.78 is 0. The van der Waals surface area contributed by atoms with Gasteiger partial charge in [0.05, 0.1) is 4.90 Å². The number of thioether (sulfide) groups is 2. The second-order valence-corrected chi connectivity index (χ2v) is 3.77. The molecule has 52 valence electrons. The summed E-state index contributed by atoms with van der Waals surface area (Å²) in [6, 6.07) is 0. The first-order valence-corrected chi connectivity index (χ1v) is 4.59. The number of rotatable bonds is 0. The molecular formula is C6H6N2S2. The maximum atomic E-state index is 5.64. The summed E-state index contributed by atoms with van der Waals surface area (Å²) in [7, 11) is 0. The lowest BCUT2D eigenvalue weighted by Crippen LogP contribution is -1.85. The molecule has 0 saturated heterocycles. The molecule has 0 saturated carbocycles. The summed E-state index contributed by atoms with van der Waals surface area (Å²) in [5.41, 5.74) is 5.64. The van der Waals surface area contributed by atoms with Crippen LogP contribution >= 0.6 is 23.5 Å². The quantitative estimate of drug-likeness (QED) is 0.627. The maximum absolute atomic E-state index is 5.64. The molecule has 0 atom stereocenters. The van der Waals surface area contributed by atoms with Gasteiger partial charge in [0.2, 0.25) is 0 Å². The Kier molecular flexibility index (Phi) is 1.43. The highest BCUT2D eigenvalue weighted by Crippen LogP contribution is 2.40. The maximum Gasteiger partial charge on any atom is 0.116 e. The van der Waals surface area contributed by atoms with E-state index in [2.05, 4.69) is 10.4 Å². The van der Waals surface area contributed by atoms with Gasteiger partial charge in [-0.05, 0) is 10.8 Å². The number of hydrogen-bond donors (Lipinski definition) is 2. The van der Waals surface area contributed by atoms with E-state index < -0.39 is 0 Å². The largest absolute Gasteiger partial charge is 0.384 e. The molecule has 2 rings (SSSR count). The normalized spacial score (nSPS) is 15.2. The van der Waals surface area contributed by atoms with Gasteiger partial charge in [-0.2, -0.15) is 0 Å². The molecule has 10 heavy (non-hydrogen) atoms. The monoisotopic (exact) mass is 170 g/mol. The summed E-state index contributed by atoms with van der Waals surface area (Å²) in [4.78, 5) is 5.36. The zero-order chi connectivity index (χ0) is 6.97. The second kappa shape index (κ2) is 2.29. The number of anilines is 1. The average Bonchev–Trinajstić information content (AvgIpc) is 2.34. The van der Waals surface area contributed by atoms with Crippen molar-refractivity contribution >= 4 is 29.3 Å². The number of H-pyrrole nitrogens is 1. The van der Waals surface area contributed by atoms with E-state index >= 15 is 0 Å². The van der Waals surface area contributed by atoms with Crippen molar-refractivity contribution in [3.8, 4) is 0 Å². The lowest BCUT2D eigenvalue weighted by atomic mass is 10.6. The fourth-order valence-corrected chi connectivity index (χ4v) is 2.53. The summed E-state index contributed by atoms with van der Waals surface area (Å²) in [5, 5.41) is 4.09. The van der Waals surface area contributed by atoms with Crippen molar-refractivity contribution in [2.75, 3.05) is 5.73 Å². The van der Waals surface area contributed by atoms with Crippen molar-refractivity contribution in [1.29, 1.82) is 0 Å². The van der Waals surface area contributed by atoms with Gasteiger partial charge in [0.15, 0.2) is 0 Å². The van der Waals surface area contributed by atoms with Crippen LogP contribution in [-0.4, -0.2) is 4.98 Å². The predicted molar refractivity (Wildman–Crippen MR) is 46.1 cm³/mol. The van der Waals surface area contributed by atoms with Crippen LogP contribution < -0.4 is 5.73 Å². The zero-order valence-corrected chi connectivity index (χ0v) is 6.76. The van der Waals surface area contributed by atoms with Crippen LogP contribution in [0.25, 0.3) is 0 Å². The standard InChI is InChI=1S/C6H6N2S2/c7-6-5-4(3-8-6)9-1-2-10-5/h1-3,8H,7H2. The van der Waals surface area contributed by atoms with Gasteiger partial charge in [0.25, 0.3) is 0 Å². The van der Waals surface area contributed by atoms with Crippen LogP contribution in [0.5, 0.6) is 0 Å². The molecule has 0 fully saturated rings. The van der Waals surface area contributed by atoms with Crippen molar-refractivity contribution in [3.05, 3.63) is 17.0 Å². The number of nitrogen functional groups attached to an aromatic ring is 1. The topological polar surface area (TPSA) is 41.8 Å². The van der Waals surface area contributed by atoms with Crippen molar-refractivity contribution in [1.82, 2.24) is 4.98 Å². The van der Waals surface area contributed by atoms with Crippen LogP contribution in [0.2, 0.25) is 0 Å². The molecule has 4 heteroatoms. The Bertz CT molecular complexity index is 277. The van der Waals surface area contributed by atoms with Gasteiger partial charge >= 0.3 is 0 Å². The molecule has 0 radical (unpaired) electrons. The van der Waals surface area contributed by atoms with Crippen LogP contribution in [0, 0.1) is 0 Å². The van der Waals surface area contributed by atoms with E-state index in [1.165, 1.54) is 4.90 Å². The molecule has 0 aliphatic carbocycles. The predicted octanol–water partition coefficient (Wildman–Crippen LogP) is 2.27. The van der Waals surface area contributed by atoms with Gasteiger partial charge in [0.1, 0.15) is 5.82 Å². The molecule has 1 aliphatic heterocycles. The van der Waals surface area contributed by atoms with Gasteiger partial charge in [-0.15, -0.1) is 0 Å². The zero-order valence-electron chi connectivity index (χ0n) is 5.13. The first kappa shape index (κ1) is 6.24. The number of aromatic amines is 1. The SMILES string of the molecule is Nc1[nH]cc2c1SC=CS2. The van der Waals surface area contributed by atoms with Crippen LogP contribution in [0.3, 0.4) is 0 Å². The van der Waals surface area contributed by atoms with Crippen LogP contribution in [0.4, 0.5) is 5.82 Å². The summed E-state index contributed by atoms with van der Waals surface area (Å²) in [6.45, 7) is 0. The van der Waals surface area contributed by atoms with Gasteiger partial charge in [-0.1, -0.05) is 23.5 Å². The highest BCUT2D eigenvalue weighted by atomic mass is 32.2. The Balaban J connectivity index is 2.50. The van der Waals surface area contributed by atoms with Gasteiger partial charge in [-0.25, -0.2) is 0 Å². The lowest BCUT2D eigenvalue weighted by Gasteiger charge is -2.02. The fourth-order valence-electron chi connectivity index (χ4n) is 0.813. The molecule has 0 amide bonds. The third-order valence-corrected chi connectivity index (χ3v) is 3.36.